The van der Waals surface area contributed by atoms with E-state index in [-0.39, 0.29) is 0 Å². The molecule has 0 aromatic carbocycles. The maximum absolute atomic E-state index is 6.04. The van der Waals surface area contributed by atoms with Crippen molar-refractivity contribution in [2.75, 3.05) is 26.4 Å². The molecule has 1 aromatic heterocycles. The Bertz CT molecular complexity index is 382. The van der Waals surface area contributed by atoms with E-state index < -0.39 is 0 Å². The molecule has 1 aromatic rings. The van der Waals surface area contributed by atoms with Crippen molar-refractivity contribution in [2.45, 2.75) is 38.5 Å². The average molecular weight is 281 g/mol. The first-order chi connectivity index (χ1) is 9.38. The van der Waals surface area contributed by atoms with Gasteiger partial charge in [-0.2, -0.15) is 0 Å². The van der Waals surface area contributed by atoms with Crippen LogP contribution in [0.25, 0.3) is 0 Å². The highest BCUT2D eigenvalue weighted by Gasteiger charge is 2.42. The number of morpholine rings is 1. The Morgan fingerprint density at radius 1 is 1.47 bits per heavy atom. The molecule has 106 valence electrons. The van der Waals surface area contributed by atoms with E-state index in [1.807, 2.05) is 11.3 Å². The Hall–Kier alpha value is -0.420. The summed E-state index contributed by atoms with van der Waals surface area (Å²) in [6.07, 6.45) is 2.89. The Balaban J connectivity index is 1.62. The predicted octanol–water partition coefficient (Wildman–Crippen LogP) is 2.76. The van der Waals surface area contributed by atoms with E-state index in [0.29, 0.717) is 18.1 Å². The van der Waals surface area contributed by atoms with Crippen LogP contribution in [0.4, 0.5) is 0 Å². The van der Waals surface area contributed by atoms with Crippen molar-refractivity contribution in [3.63, 3.8) is 0 Å². The molecule has 0 radical (unpaired) electrons. The molecular formula is C15H23NO2S. The van der Waals surface area contributed by atoms with Crippen LogP contribution in [0.2, 0.25) is 0 Å². The lowest BCUT2D eigenvalue weighted by Gasteiger charge is -2.39. The molecule has 0 spiro atoms. The quantitative estimate of drug-likeness (QED) is 0.828. The van der Waals surface area contributed by atoms with Crippen molar-refractivity contribution in [3.8, 4) is 0 Å². The largest absolute Gasteiger partial charge is 0.381 e. The standard InChI is InChI=1S/C15H23NO2S/c1-2-17-11-12-5-6-14-15(12)18-8-7-16(14)10-13-4-3-9-19-13/h3-4,9,12,14-15H,2,5-8,10-11H2,1H3/t12-,14-,15-/m0/s1. The highest BCUT2D eigenvalue weighted by molar-refractivity contribution is 7.09. The van der Waals surface area contributed by atoms with E-state index >= 15 is 0 Å². The minimum absolute atomic E-state index is 0.389. The smallest absolute Gasteiger partial charge is 0.0781 e. The van der Waals surface area contributed by atoms with E-state index in [1.165, 1.54) is 17.7 Å². The minimum Gasteiger partial charge on any atom is -0.381 e. The van der Waals surface area contributed by atoms with E-state index in [2.05, 4.69) is 29.3 Å². The topological polar surface area (TPSA) is 21.7 Å². The summed E-state index contributed by atoms with van der Waals surface area (Å²) in [4.78, 5) is 4.08. The fourth-order valence-corrected chi connectivity index (χ4v) is 4.11. The molecule has 0 bridgehead atoms. The van der Waals surface area contributed by atoms with Gasteiger partial charge in [-0.25, -0.2) is 0 Å². The molecule has 1 saturated carbocycles. The monoisotopic (exact) mass is 281 g/mol. The molecule has 0 unspecified atom stereocenters. The van der Waals surface area contributed by atoms with Gasteiger partial charge in [0.2, 0.25) is 0 Å². The maximum Gasteiger partial charge on any atom is 0.0781 e. The van der Waals surface area contributed by atoms with Gasteiger partial charge in [-0.15, -0.1) is 11.3 Å². The first kappa shape index (κ1) is 13.6. The fraction of sp³-hybridized carbons (Fsp3) is 0.733. The van der Waals surface area contributed by atoms with Gasteiger partial charge in [-0.05, 0) is 31.2 Å². The molecule has 0 amide bonds. The Kier molecular flexibility index (Phi) is 4.53. The summed E-state index contributed by atoms with van der Waals surface area (Å²) < 4.78 is 11.7. The third-order valence-electron chi connectivity index (χ3n) is 4.31. The van der Waals surface area contributed by atoms with Crippen LogP contribution in [0.15, 0.2) is 17.5 Å². The van der Waals surface area contributed by atoms with Crippen LogP contribution >= 0.6 is 11.3 Å². The van der Waals surface area contributed by atoms with Gasteiger partial charge in [-0.1, -0.05) is 6.07 Å². The number of fused-ring (bicyclic) bond motifs is 1. The van der Waals surface area contributed by atoms with Gasteiger partial charge in [0.1, 0.15) is 0 Å². The second-order valence-corrected chi connectivity index (χ2v) is 6.48. The van der Waals surface area contributed by atoms with Crippen LogP contribution < -0.4 is 0 Å². The predicted molar refractivity (Wildman–Crippen MR) is 77.5 cm³/mol. The molecule has 1 aliphatic heterocycles. The van der Waals surface area contributed by atoms with Gasteiger partial charge in [-0.3, -0.25) is 4.90 Å². The summed E-state index contributed by atoms with van der Waals surface area (Å²) in [5.74, 6) is 0.594. The van der Waals surface area contributed by atoms with E-state index in [4.69, 9.17) is 9.47 Å². The molecule has 2 heterocycles. The molecule has 2 fully saturated rings. The van der Waals surface area contributed by atoms with Gasteiger partial charge < -0.3 is 9.47 Å². The van der Waals surface area contributed by atoms with Gasteiger partial charge >= 0.3 is 0 Å². The van der Waals surface area contributed by atoms with Crippen LogP contribution in [-0.2, 0) is 16.0 Å². The Morgan fingerprint density at radius 2 is 2.42 bits per heavy atom. The van der Waals surface area contributed by atoms with Gasteiger partial charge in [0.25, 0.3) is 0 Å². The normalized spacial score (nSPS) is 31.5. The van der Waals surface area contributed by atoms with Crippen molar-refractivity contribution in [1.82, 2.24) is 4.90 Å². The molecule has 19 heavy (non-hydrogen) atoms. The molecule has 3 nitrogen and oxygen atoms in total. The average Bonchev–Trinajstić information content (AvgIpc) is 3.06. The molecule has 2 aliphatic rings. The summed E-state index contributed by atoms with van der Waals surface area (Å²) in [7, 11) is 0. The third-order valence-corrected chi connectivity index (χ3v) is 5.17. The second kappa shape index (κ2) is 6.35. The molecular weight excluding hydrogens is 258 g/mol. The van der Waals surface area contributed by atoms with Crippen LogP contribution in [0.5, 0.6) is 0 Å². The fourth-order valence-electron chi connectivity index (χ4n) is 3.38. The summed E-state index contributed by atoms with van der Waals surface area (Å²) in [5.41, 5.74) is 0. The van der Waals surface area contributed by atoms with Gasteiger partial charge in [0.15, 0.2) is 0 Å². The lowest BCUT2D eigenvalue weighted by Crippen LogP contribution is -2.50. The zero-order valence-corrected chi connectivity index (χ0v) is 12.4. The van der Waals surface area contributed by atoms with E-state index in [9.17, 15) is 0 Å². The molecule has 0 N–H and O–H groups in total. The minimum atomic E-state index is 0.389. The zero-order valence-electron chi connectivity index (χ0n) is 11.6. The van der Waals surface area contributed by atoms with Crippen molar-refractivity contribution in [3.05, 3.63) is 22.4 Å². The SMILES string of the molecule is CCOC[C@@H]1CC[C@H]2[C@H]1OCCN2Cc1cccs1. The van der Waals surface area contributed by atoms with Gasteiger partial charge in [0, 0.05) is 36.5 Å². The Morgan fingerprint density at radius 3 is 3.21 bits per heavy atom. The number of ether oxygens (including phenoxy) is 2. The summed E-state index contributed by atoms with van der Waals surface area (Å²) in [6, 6.07) is 4.98. The van der Waals surface area contributed by atoms with E-state index in [1.54, 1.807) is 0 Å². The Labute approximate surface area is 119 Å². The number of nitrogens with zero attached hydrogens (tertiary/aromatic N) is 1. The third kappa shape index (κ3) is 3.02. The van der Waals surface area contributed by atoms with Crippen molar-refractivity contribution < 1.29 is 9.47 Å². The summed E-state index contributed by atoms with van der Waals surface area (Å²) >= 11 is 1.86. The van der Waals surface area contributed by atoms with E-state index in [0.717, 1.165) is 32.9 Å². The lowest BCUT2D eigenvalue weighted by atomic mass is 10.0. The number of rotatable bonds is 5. The van der Waals surface area contributed by atoms with Crippen LogP contribution in [0, 0.1) is 5.92 Å². The molecule has 3 rings (SSSR count). The van der Waals surface area contributed by atoms with Crippen molar-refractivity contribution >= 4 is 11.3 Å². The molecule has 4 heteroatoms. The number of hydrogen-bond acceptors (Lipinski definition) is 4. The summed E-state index contributed by atoms with van der Waals surface area (Å²) in [6.45, 7) is 6.77. The zero-order chi connectivity index (χ0) is 13.1. The van der Waals surface area contributed by atoms with Crippen LogP contribution in [0.3, 0.4) is 0 Å². The highest BCUT2D eigenvalue weighted by Crippen LogP contribution is 2.35. The van der Waals surface area contributed by atoms with Crippen molar-refractivity contribution in [1.29, 1.82) is 0 Å². The number of thiophene rings is 1. The van der Waals surface area contributed by atoms with Crippen LogP contribution in [0.1, 0.15) is 24.6 Å². The first-order valence-electron chi connectivity index (χ1n) is 7.34. The lowest BCUT2D eigenvalue weighted by molar-refractivity contribution is -0.0872. The first-order valence-corrected chi connectivity index (χ1v) is 8.22. The van der Waals surface area contributed by atoms with Gasteiger partial charge in [0.05, 0.1) is 19.3 Å². The molecule has 1 aliphatic carbocycles. The highest BCUT2D eigenvalue weighted by atomic mass is 32.1. The summed E-state index contributed by atoms with van der Waals surface area (Å²) in [5, 5.41) is 2.17. The maximum atomic E-state index is 6.04. The van der Waals surface area contributed by atoms with Crippen LogP contribution in [-0.4, -0.2) is 43.4 Å². The molecule has 3 atom stereocenters. The van der Waals surface area contributed by atoms with Crippen molar-refractivity contribution in [2.24, 2.45) is 5.92 Å². The number of hydrogen-bond donors (Lipinski definition) is 0. The molecule has 1 saturated heterocycles. The second-order valence-electron chi connectivity index (χ2n) is 5.45.